The quantitative estimate of drug-likeness (QED) is 0.579. The highest BCUT2D eigenvalue weighted by molar-refractivity contribution is 7.08. The topological polar surface area (TPSA) is 17.1 Å². The lowest BCUT2D eigenvalue weighted by Gasteiger charge is -2.31. The fourth-order valence-electron chi connectivity index (χ4n) is 2.30. The van der Waals surface area contributed by atoms with Gasteiger partial charge in [0, 0.05) is 5.92 Å². The zero-order chi connectivity index (χ0) is 13.0. The lowest BCUT2D eigenvalue weighted by atomic mass is 9.70. The molecule has 2 atom stereocenters. The van der Waals surface area contributed by atoms with Crippen molar-refractivity contribution in [1.29, 1.82) is 0 Å². The molecule has 1 aromatic heterocycles. The maximum absolute atomic E-state index is 11.7. The molecule has 18 heavy (non-hydrogen) atoms. The molecular weight excluding hydrogens is 240 g/mol. The number of rotatable bonds is 5. The predicted octanol–water partition coefficient (Wildman–Crippen LogP) is 4.17. The van der Waals surface area contributed by atoms with Crippen molar-refractivity contribution in [3.63, 3.8) is 0 Å². The zero-order valence-corrected chi connectivity index (χ0v) is 11.2. The minimum absolute atomic E-state index is 0.00338. The van der Waals surface area contributed by atoms with Crippen LogP contribution >= 0.6 is 11.3 Å². The van der Waals surface area contributed by atoms with Crippen LogP contribution in [0.4, 0.5) is 0 Å². The van der Waals surface area contributed by atoms with E-state index in [1.54, 1.807) is 11.3 Å². The van der Waals surface area contributed by atoms with E-state index in [4.69, 9.17) is 0 Å². The van der Waals surface area contributed by atoms with Gasteiger partial charge in [-0.2, -0.15) is 11.3 Å². The van der Waals surface area contributed by atoms with Gasteiger partial charge in [-0.25, -0.2) is 0 Å². The van der Waals surface area contributed by atoms with Crippen molar-refractivity contribution in [2.24, 2.45) is 0 Å². The van der Waals surface area contributed by atoms with E-state index in [2.05, 4.69) is 18.0 Å². The average Bonchev–Trinajstić information content (AvgIpc) is 2.94. The first kappa shape index (κ1) is 12.8. The van der Waals surface area contributed by atoms with E-state index in [0.717, 1.165) is 17.4 Å². The maximum Gasteiger partial charge on any atom is 0.131 e. The van der Waals surface area contributed by atoms with Crippen molar-refractivity contribution in [3.05, 3.63) is 70.9 Å². The molecule has 0 aliphatic carbocycles. The molecule has 2 rings (SSSR count). The van der Waals surface area contributed by atoms with Gasteiger partial charge in [0.15, 0.2) is 0 Å². The monoisotopic (exact) mass is 256 g/mol. The Bertz CT molecular complexity index is 515. The number of benzene rings is 1. The molecule has 0 spiro atoms. The summed E-state index contributed by atoms with van der Waals surface area (Å²) in [6.45, 7) is 5.87. The van der Waals surface area contributed by atoms with Crippen molar-refractivity contribution < 1.29 is 4.79 Å². The maximum atomic E-state index is 11.7. The molecule has 0 unspecified atom stereocenters. The minimum Gasteiger partial charge on any atom is -0.302 e. The summed E-state index contributed by atoms with van der Waals surface area (Å²) in [5.41, 5.74) is 1.61. The fourth-order valence-corrected chi connectivity index (χ4v) is 2.99. The summed E-state index contributed by atoms with van der Waals surface area (Å²) < 4.78 is 0. The third-order valence-corrected chi connectivity index (χ3v) is 4.13. The van der Waals surface area contributed by atoms with Crippen LogP contribution in [0.15, 0.2) is 59.8 Å². The van der Waals surface area contributed by atoms with Gasteiger partial charge in [0.1, 0.15) is 6.29 Å². The normalized spacial score (nSPS) is 15.6. The second-order valence-electron chi connectivity index (χ2n) is 4.54. The molecule has 0 fully saturated rings. The van der Waals surface area contributed by atoms with Gasteiger partial charge in [-0.1, -0.05) is 36.4 Å². The van der Waals surface area contributed by atoms with Crippen LogP contribution in [-0.4, -0.2) is 6.29 Å². The first-order valence-corrected chi connectivity index (χ1v) is 6.83. The zero-order valence-electron chi connectivity index (χ0n) is 10.4. The summed E-state index contributed by atoms with van der Waals surface area (Å²) in [5, 5.41) is 4.11. The molecule has 1 nitrogen and oxygen atoms in total. The average molecular weight is 256 g/mol. The van der Waals surface area contributed by atoms with Crippen LogP contribution in [-0.2, 0) is 10.2 Å². The van der Waals surface area contributed by atoms with Crippen LogP contribution < -0.4 is 0 Å². The van der Waals surface area contributed by atoms with Crippen molar-refractivity contribution in [2.45, 2.75) is 18.3 Å². The number of allylic oxidation sites excluding steroid dienone is 1. The van der Waals surface area contributed by atoms with Gasteiger partial charge < -0.3 is 4.79 Å². The van der Waals surface area contributed by atoms with E-state index in [1.165, 1.54) is 0 Å². The van der Waals surface area contributed by atoms with Gasteiger partial charge >= 0.3 is 0 Å². The van der Waals surface area contributed by atoms with Gasteiger partial charge in [-0.05, 0) is 34.9 Å². The third-order valence-electron chi connectivity index (χ3n) is 3.42. The molecule has 0 aliphatic rings. The van der Waals surface area contributed by atoms with E-state index in [-0.39, 0.29) is 5.92 Å². The molecule has 0 amide bonds. The lowest BCUT2D eigenvalue weighted by Crippen LogP contribution is -2.30. The van der Waals surface area contributed by atoms with E-state index >= 15 is 0 Å². The van der Waals surface area contributed by atoms with Crippen molar-refractivity contribution in [2.75, 3.05) is 0 Å². The van der Waals surface area contributed by atoms with E-state index in [0.29, 0.717) is 0 Å². The number of carbonyl (C=O) groups is 1. The van der Waals surface area contributed by atoms with E-state index in [9.17, 15) is 4.79 Å². The molecule has 1 aromatic carbocycles. The third kappa shape index (κ3) is 2.16. The van der Waals surface area contributed by atoms with E-state index < -0.39 is 5.41 Å². The second kappa shape index (κ2) is 5.32. The summed E-state index contributed by atoms with van der Waals surface area (Å²) in [6, 6.07) is 11.9. The van der Waals surface area contributed by atoms with Crippen LogP contribution in [0.3, 0.4) is 0 Å². The second-order valence-corrected chi connectivity index (χ2v) is 5.32. The number of hydrogen-bond acceptors (Lipinski definition) is 2. The predicted molar refractivity (Wildman–Crippen MR) is 77.1 cm³/mol. The van der Waals surface area contributed by atoms with E-state index in [1.807, 2.05) is 48.7 Å². The fraction of sp³-hybridized carbons (Fsp3) is 0.188. The lowest BCUT2D eigenvalue weighted by molar-refractivity contribution is -0.112. The Morgan fingerprint density at radius 2 is 2.00 bits per heavy atom. The highest BCUT2D eigenvalue weighted by atomic mass is 32.1. The first-order valence-electron chi connectivity index (χ1n) is 5.89. The molecular formula is C16H16OS. The van der Waals surface area contributed by atoms with Gasteiger partial charge in [-0.15, -0.1) is 6.58 Å². The Balaban J connectivity index is 2.49. The standard InChI is InChI=1S/C16H16OS/c1-3-15(13-9-10-18-11-13)16(2,12-17)14-7-5-4-6-8-14/h3-12,15H,1H2,2H3/t15-,16-/m0/s1. The van der Waals surface area contributed by atoms with Gasteiger partial charge in [0.25, 0.3) is 0 Å². The number of aldehydes is 1. The van der Waals surface area contributed by atoms with Crippen LogP contribution in [0, 0.1) is 0 Å². The molecule has 0 radical (unpaired) electrons. The summed E-state index contributed by atoms with van der Waals surface area (Å²) in [5.74, 6) is 0.00338. The van der Waals surface area contributed by atoms with Gasteiger partial charge in [0.2, 0.25) is 0 Å². The number of carbonyl (C=O) groups excluding carboxylic acids is 1. The van der Waals surface area contributed by atoms with Crippen LogP contribution in [0.25, 0.3) is 0 Å². The molecule has 2 aromatic rings. The molecule has 0 bridgehead atoms. The molecule has 0 saturated carbocycles. The smallest absolute Gasteiger partial charge is 0.131 e. The van der Waals surface area contributed by atoms with Crippen molar-refractivity contribution in [1.82, 2.24) is 0 Å². The van der Waals surface area contributed by atoms with Gasteiger partial charge in [-0.3, -0.25) is 0 Å². The molecule has 0 saturated heterocycles. The highest BCUT2D eigenvalue weighted by Gasteiger charge is 2.35. The Morgan fingerprint density at radius 1 is 1.28 bits per heavy atom. The molecule has 1 heterocycles. The minimum atomic E-state index is -0.565. The summed E-state index contributed by atoms with van der Waals surface area (Å²) in [7, 11) is 0. The summed E-state index contributed by atoms with van der Waals surface area (Å²) >= 11 is 1.64. The first-order chi connectivity index (χ1) is 8.72. The Morgan fingerprint density at radius 3 is 2.50 bits per heavy atom. The Kier molecular flexibility index (Phi) is 3.78. The largest absolute Gasteiger partial charge is 0.302 e. The molecule has 0 aliphatic heterocycles. The Labute approximate surface area is 112 Å². The van der Waals surface area contributed by atoms with Crippen LogP contribution in [0.5, 0.6) is 0 Å². The number of hydrogen-bond donors (Lipinski definition) is 0. The summed E-state index contributed by atoms with van der Waals surface area (Å²) in [4.78, 5) is 11.7. The van der Waals surface area contributed by atoms with Crippen LogP contribution in [0.2, 0.25) is 0 Å². The van der Waals surface area contributed by atoms with Crippen LogP contribution in [0.1, 0.15) is 24.0 Å². The number of thiophene rings is 1. The molecule has 2 heteroatoms. The highest BCUT2D eigenvalue weighted by Crippen LogP contribution is 2.38. The summed E-state index contributed by atoms with van der Waals surface area (Å²) in [6.07, 6.45) is 2.90. The SMILES string of the molecule is C=C[C@@H](c1ccsc1)[C@@](C)(C=O)c1ccccc1. The van der Waals surface area contributed by atoms with Crippen molar-refractivity contribution >= 4 is 17.6 Å². The van der Waals surface area contributed by atoms with Crippen molar-refractivity contribution in [3.8, 4) is 0 Å². The Hall–Kier alpha value is -1.67. The van der Waals surface area contributed by atoms with Gasteiger partial charge in [0.05, 0.1) is 5.41 Å². The molecule has 0 N–H and O–H groups in total. The molecule has 92 valence electrons.